The van der Waals surface area contributed by atoms with E-state index in [0.29, 0.717) is 45.3 Å². The first kappa shape index (κ1) is 34.5. The molecular formula is C38H32N6O6. The Morgan fingerprint density at radius 3 is 1.08 bits per heavy atom. The van der Waals surface area contributed by atoms with Crippen LogP contribution in [-0.4, -0.2) is 34.0 Å². The summed E-state index contributed by atoms with van der Waals surface area (Å²) in [6.45, 7) is 7.35. The molecule has 0 radical (unpaired) electrons. The smallest absolute Gasteiger partial charge is 0.335 e. The molecule has 5 aromatic rings. The summed E-state index contributed by atoms with van der Waals surface area (Å²) < 4.78 is 0. The van der Waals surface area contributed by atoms with Gasteiger partial charge in [0.2, 0.25) is 0 Å². The second-order valence-corrected chi connectivity index (χ2v) is 11.5. The highest BCUT2D eigenvalue weighted by Gasteiger charge is 2.16. The zero-order valence-corrected chi connectivity index (χ0v) is 27.6. The molecule has 0 bridgehead atoms. The van der Waals surface area contributed by atoms with Crippen LogP contribution in [-0.2, 0) is 0 Å². The van der Waals surface area contributed by atoms with Gasteiger partial charge in [0.15, 0.2) is 0 Å². The van der Waals surface area contributed by atoms with E-state index in [1.54, 1.807) is 66.7 Å². The molecule has 2 amide bonds. The van der Waals surface area contributed by atoms with Crippen LogP contribution in [0.5, 0.6) is 0 Å². The molecule has 0 unspecified atom stereocenters. The van der Waals surface area contributed by atoms with Gasteiger partial charge in [0, 0.05) is 22.5 Å². The van der Waals surface area contributed by atoms with E-state index in [4.69, 9.17) is 10.2 Å². The van der Waals surface area contributed by atoms with Gasteiger partial charge < -0.3 is 20.8 Å². The Kier molecular flexibility index (Phi) is 10.3. The first-order chi connectivity index (χ1) is 23.9. The van der Waals surface area contributed by atoms with Gasteiger partial charge in [0.25, 0.3) is 11.8 Å². The van der Waals surface area contributed by atoms with Crippen LogP contribution < -0.4 is 10.6 Å². The third-order valence-corrected chi connectivity index (χ3v) is 7.69. The summed E-state index contributed by atoms with van der Waals surface area (Å²) in [5.74, 6) is -2.82. The fourth-order valence-electron chi connectivity index (χ4n) is 5.14. The molecule has 0 saturated carbocycles. The first-order valence-electron chi connectivity index (χ1n) is 15.3. The minimum atomic E-state index is -1.02. The summed E-state index contributed by atoms with van der Waals surface area (Å²) in [6.07, 6.45) is 0. The number of anilines is 2. The van der Waals surface area contributed by atoms with Gasteiger partial charge in [-0.05, 0) is 141 Å². The topological polar surface area (TPSA) is 182 Å². The summed E-state index contributed by atoms with van der Waals surface area (Å²) in [4.78, 5) is 48.7. The summed E-state index contributed by atoms with van der Waals surface area (Å²) in [5.41, 5.74) is 7.27. The molecule has 0 aliphatic rings. The van der Waals surface area contributed by atoms with E-state index in [9.17, 15) is 19.2 Å². The number of aryl methyl sites for hydroxylation is 4. The number of rotatable bonds is 10. The van der Waals surface area contributed by atoms with Gasteiger partial charge in [0.05, 0.1) is 33.9 Å². The second kappa shape index (κ2) is 14.9. The lowest BCUT2D eigenvalue weighted by atomic mass is 10.1. The number of carbonyl (C=O) groups is 4. The van der Waals surface area contributed by atoms with Gasteiger partial charge in [0.1, 0.15) is 0 Å². The van der Waals surface area contributed by atoms with Crippen molar-refractivity contribution >= 4 is 57.9 Å². The molecule has 0 aliphatic carbocycles. The Balaban J connectivity index is 1.25. The number of nitrogens with one attached hydrogen (secondary N) is 2. The molecule has 0 saturated heterocycles. The summed E-state index contributed by atoms with van der Waals surface area (Å²) in [7, 11) is 0. The molecule has 5 rings (SSSR count). The van der Waals surface area contributed by atoms with E-state index >= 15 is 0 Å². The standard InChI is InChI=1S/C38H32N6O6/c1-21-16-31(43-41-29-12-8-25(9-13-29)37(47)48)17-22(2)33(21)39-35(45)27-6-5-7-28(20-27)36(46)40-34-23(3)18-32(19-24(34)4)44-42-30-14-10-26(11-15-30)38(49)50/h5-20H,1-4H3,(H,39,45)(H,40,46)(H,47,48)(H,49,50). The number of carboxylic acid groups (broad SMARTS) is 2. The predicted molar refractivity (Wildman–Crippen MR) is 189 cm³/mol. The molecule has 12 nitrogen and oxygen atoms in total. The minimum Gasteiger partial charge on any atom is -0.478 e. The number of azo groups is 2. The van der Waals surface area contributed by atoms with Gasteiger partial charge in [-0.25, -0.2) is 9.59 Å². The number of amides is 2. The van der Waals surface area contributed by atoms with Crippen molar-refractivity contribution in [1.29, 1.82) is 0 Å². The van der Waals surface area contributed by atoms with Crippen molar-refractivity contribution in [2.75, 3.05) is 10.6 Å². The highest BCUT2D eigenvalue weighted by Crippen LogP contribution is 2.30. The number of hydrogen-bond donors (Lipinski definition) is 4. The lowest BCUT2D eigenvalue weighted by Crippen LogP contribution is -2.17. The second-order valence-electron chi connectivity index (χ2n) is 11.5. The SMILES string of the molecule is Cc1cc(N=Nc2ccc(C(=O)O)cc2)cc(C)c1NC(=O)c1cccc(C(=O)Nc2c(C)cc(N=Nc3ccc(C(=O)O)cc3)cc2C)c1. The third kappa shape index (κ3) is 8.36. The number of nitrogens with zero attached hydrogens (tertiary/aromatic N) is 4. The van der Waals surface area contributed by atoms with E-state index in [1.807, 2.05) is 27.7 Å². The molecular weight excluding hydrogens is 636 g/mol. The minimum absolute atomic E-state index is 0.156. The molecule has 250 valence electrons. The highest BCUT2D eigenvalue weighted by atomic mass is 16.4. The van der Waals surface area contributed by atoms with Crippen molar-refractivity contribution < 1.29 is 29.4 Å². The highest BCUT2D eigenvalue weighted by molar-refractivity contribution is 6.09. The van der Waals surface area contributed by atoms with Crippen LogP contribution in [0.25, 0.3) is 0 Å². The maximum atomic E-state index is 13.3. The summed E-state index contributed by atoms with van der Waals surface area (Å²) in [5, 5.41) is 40.9. The van der Waals surface area contributed by atoms with E-state index in [2.05, 4.69) is 31.1 Å². The Bertz CT molecular complexity index is 1990. The molecule has 0 aliphatic heterocycles. The first-order valence-corrected chi connectivity index (χ1v) is 15.3. The van der Waals surface area contributed by atoms with E-state index in [1.165, 1.54) is 30.3 Å². The van der Waals surface area contributed by atoms with Crippen molar-refractivity contribution in [2.24, 2.45) is 20.5 Å². The van der Waals surface area contributed by atoms with Crippen molar-refractivity contribution in [1.82, 2.24) is 0 Å². The lowest BCUT2D eigenvalue weighted by Gasteiger charge is -2.14. The van der Waals surface area contributed by atoms with E-state index in [-0.39, 0.29) is 11.1 Å². The Hall–Kier alpha value is -6.82. The van der Waals surface area contributed by atoms with Crippen LogP contribution in [0.15, 0.2) is 118 Å². The normalized spacial score (nSPS) is 11.1. The quantitative estimate of drug-likeness (QED) is 0.107. The monoisotopic (exact) mass is 668 g/mol. The Labute approximate surface area is 287 Å². The van der Waals surface area contributed by atoms with Crippen molar-refractivity contribution in [3.8, 4) is 0 Å². The van der Waals surface area contributed by atoms with E-state index < -0.39 is 23.8 Å². The van der Waals surface area contributed by atoms with Gasteiger partial charge in [-0.15, -0.1) is 0 Å². The van der Waals surface area contributed by atoms with Gasteiger partial charge in [-0.3, -0.25) is 9.59 Å². The number of benzene rings is 5. The van der Waals surface area contributed by atoms with Gasteiger partial charge >= 0.3 is 11.9 Å². The predicted octanol–water partition coefficient (Wildman–Crippen LogP) is 9.65. The van der Waals surface area contributed by atoms with Crippen molar-refractivity contribution in [3.05, 3.63) is 142 Å². The number of carbonyl (C=O) groups excluding carboxylic acids is 2. The maximum Gasteiger partial charge on any atom is 0.335 e. The van der Waals surface area contributed by atoms with Crippen LogP contribution >= 0.6 is 0 Å². The number of hydrogen-bond acceptors (Lipinski definition) is 8. The third-order valence-electron chi connectivity index (χ3n) is 7.69. The molecule has 50 heavy (non-hydrogen) atoms. The molecule has 0 aromatic heterocycles. The molecule has 0 spiro atoms. The zero-order chi connectivity index (χ0) is 35.9. The average molecular weight is 669 g/mol. The van der Waals surface area contributed by atoms with Crippen molar-refractivity contribution in [3.63, 3.8) is 0 Å². The largest absolute Gasteiger partial charge is 0.478 e. The van der Waals surface area contributed by atoms with E-state index in [0.717, 1.165) is 22.3 Å². The Morgan fingerprint density at radius 1 is 0.440 bits per heavy atom. The van der Waals surface area contributed by atoms with Crippen LogP contribution in [0.3, 0.4) is 0 Å². The van der Waals surface area contributed by atoms with Gasteiger partial charge in [-0.1, -0.05) is 6.07 Å². The molecule has 12 heteroatoms. The molecule has 0 atom stereocenters. The molecule has 0 fully saturated rings. The summed E-state index contributed by atoms with van der Waals surface area (Å²) in [6, 6.07) is 25.6. The molecule has 5 aromatic carbocycles. The van der Waals surface area contributed by atoms with Crippen molar-refractivity contribution in [2.45, 2.75) is 27.7 Å². The maximum absolute atomic E-state index is 13.3. The zero-order valence-electron chi connectivity index (χ0n) is 27.6. The number of aromatic carboxylic acids is 2. The molecule has 4 N–H and O–H groups in total. The van der Waals surface area contributed by atoms with Crippen LogP contribution in [0, 0.1) is 27.7 Å². The van der Waals surface area contributed by atoms with Crippen LogP contribution in [0.2, 0.25) is 0 Å². The number of carboxylic acids is 2. The lowest BCUT2D eigenvalue weighted by molar-refractivity contribution is 0.0686. The fraction of sp³-hybridized carbons (Fsp3) is 0.105. The summed E-state index contributed by atoms with van der Waals surface area (Å²) >= 11 is 0. The fourth-order valence-corrected chi connectivity index (χ4v) is 5.14. The average Bonchev–Trinajstić information content (AvgIpc) is 3.09. The van der Waals surface area contributed by atoms with Gasteiger partial charge in [-0.2, -0.15) is 20.5 Å². The van der Waals surface area contributed by atoms with Crippen LogP contribution in [0.4, 0.5) is 34.1 Å². The van der Waals surface area contributed by atoms with Crippen LogP contribution in [0.1, 0.15) is 63.7 Å². The Morgan fingerprint density at radius 2 is 0.760 bits per heavy atom. The molecule has 0 heterocycles.